The summed E-state index contributed by atoms with van der Waals surface area (Å²) in [5.74, 6) is 0.537. The van der Waals surface area contributed by atoms with Gasteiger partial charge in [-0.3, -0.25) is 4.79 Å². The lowest BCUT2D eigenvalue weighted by molar-refractivity contribution is -0.120. The van der Waals surface area contributed by atoms with Crippen LogP contribution in [0.25, 0.3) is 0 Å². The summed E-state index contributed by atoms with van der Waals surface area (Å²) in [5, 5.41) is 9.28. The maximum Gasteiger partial charge on any atom is 0.264 e. The number of ether oxygens (including phenoxy) is 1. The van der Waals surface area contributed by atoms with Crippen molar-refractivity contribution < 1.29 is 9.53 Å². The Labute approximate surface area is 146 Å². The second-order valence-electron chi connectivity index (χ2n) is 5.66. The Morgan fingerprint density at radius 2 is 2.04 bits per heavy atom. The zero-order valence-corrected chi connectivity index (χ0v) is 14.3. The summed E-state index contributed by atoms with van der Waals surface area (Å²) < 4.78 is 5.60. The van der Waals surface area contributed by atoms with Crippen molar-refractivity contribution in [1.82, 2.24) is 0 Å². The van der Waals surface area contributed by atoms with E-state index in [-0.39, 0.29) is 12.5 Å². The molecule has 3 rings (SSSR count). The number of nitriles is 1. The maximum absolute atomic E-state index is 12.7. The first-order valence-corrected chi connectivity index (χ1v) is 8.74. The van der Waals surface area contributed by atoms with Crippen LogP contribution in [0.15, 0.2) is 53.4 Å². The minimum atomic E-state index is -0.0542. The zero-order chi connectivity index (χ0) is 16.9. The largest absolute Gasteiger partial charge is 0.484 e. The number of thioether (sulfide) groups is 1. The average molecular weight is 338 g/mol. The van der Waals surface area contributed by atoms with Crippen molar-refractivity contribution >= 4 is 23.4 Å². The monoisotopic (exact) mass is 338 g/mol. The first-order chi connectivity index (χ1) is 11.7. The third-order valence-electron chi connectivity index (χ3n) is 3.89. The number of carbonyl (C=O) groups excluding carboxylic acids is 1. The lowest BCUT2D eigenvalue weighted by atomic mass is 10.2. The molecule has 1 aliphatic heterocycles. The molecule has 0 bridgehead atoms. The Hall–Kier alpha value is -2.45. The SMILES string of the molecule is CC1CCN(C(=O)COc2ccc(C#N)cc2)c2ccccc2S1. The molecule has 1 atom stereocenters. The van der Waals surface area contributed by atoms with Crippen molar-refractivity contribution in [3.05, 3.63) is 54.1 Å². The van der Waals surface area contributed by atoms with Crippen LogP contribution in [0.4, 0.5) is 5.69 Å². The number of para-hydroxylation sites is 1. The molecule has 1 aliphatic rings. The summed E-state index contributed by atoms with van der Waals surface area (Å²) in [4.78, 5) is 15.6. The van der Waals surface area contributed by atoms with Gasteiger partial charge < -0.3 is 9.64 Å². The Balaban J connectivity index is 1.71. The minimum absolute atomic E-state index is 0.0146. The number of hydrogen-bond acceptors (Lipinski definition) is 4. The van der Waals surface area contributed by atoms with Crippen LogP contribution in [0.3, 0.4) is 0 Å². The van der Waals surface area contributed by atoms with Crippen molar-refractivity contribution in [3.63, 3.8) is 0 Å². The van der Waals surface area contributed by atoms with Gasteiger partial charge in [-0.05, 0) is 42.8 Å². The third kappa shape index (κ3) is 3.72. The molecular formula is C19H18N2O2S. The van der Waals surface area contributed by atoms with Gasteiger partial charge >= 0.3 is 0 Å². The first-order valence-electron chi connectivity index (χ1n) is 7.86. The van der Waals surface area contributed by atoms with Gasteiger partial charge in [0.15, 0.2) is 6.61 Å². The molecule has 2 aromatic rings. The molecule has 0 N–H and O–H groups in total. The predicted octanol–water partition coefficient (Wildman–Crippen LogP) is 3.85. The molecule has 0 spiro atoms. The minimum Gasteiger partial charge on any atom is -0.484 e. The molecule has 24 heavy (non-hydrogen) atoms. The van der Waals surface area contributed by atoms with Gasteiger partial charge in [0, 0.05) is 16.7 Å². The Morgan fingerprint density at radius 3 is 2.79 bits per heavy atom. The molecule has 0 fully saturated rings. The number of benzene rings is 2. The van der Waals surface area contributed by atoms with Crippen LogP contribution in [0.2, 0.25) is 0 Å². The molecular weight excluding hydrogens is 320 g/mol. The highest BCUT2D eigenvalue weighted by molar-refractivity contribution is 8.00. The molecule has 0 aromatic heterocycles. The number of anilines is 1. The van der Waals surface area contributed by atoms with E-state index in [1.54, 1.807) is 24.3 Å². The van der Waals surface area contributed by atoms with E-state index in [0.717, 1.165) is 17.0 Å². The molecule has 0 radical (unpaired) electrons. The maximum atomic E-state index is 12.7. The second kappa shape index (κ2) is 7.41. The highest BCUT2D eigenvalue weighted by Gasteiger charge is 2.24. The van der Waals surface area contributed by atoms with Crippen LogP contribution < -0.4 is 9.64 Å². The lowest BCUT2D eigenvalue weighted by Gasteiger charge is -2.22. The molecule has 1 heterocycles. The summed E-state index contributed by atoms with van der Waals surface area (Å²) in [5.41, 5.74) is 1.53. The molecule has 0 saturated carbocycles. The summed E-state index contributed by atoms with van der Waals surface area (Å²) in [6.07, 6.45) is 0.946. The van der Waals surface area contributed by atoms with E-state index < -0.39 is 0 Å². The van der Waals surface area contributed by atoms with Gasteiger partial charge in [0.1, 0.15) is 5.75 Å². The summed E-state index contributed by atoms with van der Waals surface area (Å²) in [6, 6.07) is 16.8. The quantitative estimate of drug-likeness (QED) is 0.853. The Kier molecular flexibility index (Phi) is 5.07. The third-order valence-corrected chi connectivity index (χ3v) is 5.13. The van der Waals surface area contributed by atoms with Crippen molar-refractivity contribution in [2.45, 2.75) is 23.5 Å². The van der Waals surface area contributed by atoms with Crippen molar-refractivity contribution in [3.8, 4) is 11.8 Å². The van der Waals surface area contributed by atoms with Gasteiger partial charge in [0.25, 0.3) is 5.91 Å². The van der Waals surface area contributed by atoms with Gasteiger partial charge in [-0.15, -0.1) is 11.8 Å². The Morgan fingerprint density at radius 1 is 1.29 bits per heavy atom. The van der Waals surface area contributed by atoms with Gasteiger partial charge in [0.05, 0.1) is 17.3 Å². The van der Waals surface area contributed by atoms with E-state index >= 15 is 0 Å². The second-order valence-corrected chi connectivity index (χ2v) is 7.14. The van der Waals surface area contributed by atoms with Gasteiger partial charge in [0.2, 0.25) is 0 Å². The van der Waals surface area contributed by atoms with E-state index in [1.165, 1.54) is 0 Å². The van der Waals surface area contributed by atoms with Crippen molar-refractivity contribution in [2.75, 3.05) is 18.1 Å². The van der Waals surface area contributed by atoms with E-state index in [4.69, 9.17) is 10.00 Å². The fourth-order valence-electron chi connectivity index (χ4n) is 2.59. The van der Waals surface area contributed by atoms with E-state index in [1.807, 2.05) is 34.9 Å². The summed E-state index contributed by atoms with van der Waals surface area (Å²) in [6.45, 7) is 2.86. The fraction of sp³-hybridized carbons (Fsp3) is 0.263. The van der Waals surface area contributed by atoms with Crippen LogP contribution >= 0.6 is 11.8 Å². The van der Waals surface area contributed by atoms with Crippen LogP contribution in [0.1, 0.15) is 18.9 Å². The number of fused-ring (bicyclic) bond motifs is 1. The predicted molar refractivity (Wildman–Crippen MR) is 95.4 cm³/mol. The molecule has 5 heteroatoms. The van der Waals surface area contributed by atoms with Gasteiger partial charge in [-0.1, -0.05) is 19.1 Å². The molecule has 0 saturated heterocycles. The lowest BCUT2D eigenvalue weighted by Crippen LogP contribution is -2.36. The van der Waals surface area contributed by atoms with Crippen LogP contribution in [-0.4, -0.2) is 24.3 Å². The van der Waals surface area contributed by atoms with Crippen molar-refractivity contribution in [1.29, 1.82) is 5.26 Å². The van der Waals surface area contributed by atoms with E-state index in [0.29, 0.717) is 23.1 Å². The highest BCUT2D eigenvalue weighted by atomic mass is 32.2. The van der Waals surface area contributed by atoms with Crippen LogP contribution in [-0.2, 0) is 4.79 Å². The number of hydrogen-bond donors (Lipinski definition) is 0. The normalized spacial score (nSPS) is 16.7. The number of nitrogens with zero attached hydrogens (tertiary/aromatic N) is 2. The van der Waals surface area contributed by atoms with Gasteiger partial charge in [-0.2, -0.15) is 5.26 Å². The Bertz CT molecular complexity index is 768. The molecule has 122 valence electrons. The summed E-state index contributed by atoms with van der Waals surface area (Å²) in [7, 11) is 0. The van der Waals surface area contributed by atoms with E-state index in [9.17, 15) is 4.79 Å². The number of carbonyl (C=O) groups is 1. The molecule has 0 aliphatic carbocycles. The van der Waals surface area contributed by atoms with Crippen LogP contribution in [0.5, 0.6) is 5.75 Å². The van der Waals surface area contributed by atoms with Crippen molar-refractivity contribution in [2.24, 2.45) is 0 Å². The molecule has 1 amide bonds. The zero-order valence-electron chi connectivity index (χ0n) is 13.4. The topological polar surface area (TPSA) is 53.3 Å². The highest BCUT2D eigenvalue weighted by Crippen LogP contribution is 2.37. The smallest absolute Gasteiger partial charge is 0.264 e. The number of amides is 1. The van der Waals surface area contributed by atoms with Crippen LogP contribution in [0, 0.1) is 11.3 Å². The average Bonchev–Trinajstić information content (AvgIpc) is 2.78. The number of rotatable bonds is 3. The standard InChI is InChI=1S/C19H18N2O2S/c1-14-10-11-21(17-4-2-3-5-18(17)24-14)19(22)13-23-16-8-6-15(12-20)7-9-16/h2-9,14H,10-11,13H2,1H3. The molecule has 4 nitrogen and oxygen atoms in total. The summed E-state index contributed by atoms with van der Waals surface area (Å²) >= 11 is 1.81. The molecule has 2 aromatic carbocycles. The van der Waals surface area contributed by atoms with E-state index in [2.05, 4.69) is 19.1 Å². The van der Waals surface area contributed by atoms with Gasteiger partial charge in [-0.25, -0.2) is 0 Å². The fourth-order valence-corrected chi connectivity index (χ4v) is 3.71. The first kappa shape index (κ1) is 16.4. The molecule has 1 unspecified atom stereocenters.